The predicted octanol–water partition coefficient (Wildman–Crippen LogP) is 4.51. The van der Waals surface area contributed by atoms with Crippen molar-refractivity contribution < 1.29 is 9.53 Å². The molecular formula is C23H24N2O2. The quantitative estimate of drug-likeness (QED) is 0.753. The molecule has 0 N–H and O–H groups in total. The van der Waals surface area contributed by atoms with E-state index in [-0.39, 0.29) is 11.8 Å². The third-order valence-electron chi connectivity index (χ3n) is 5.44. The van der Waals surface area contributed by atoms with Crippen LogP contribution >= 0.6 is 0 Å². The predicted molar refractivity (Wildman–Crippen MR) is 107 cm³/mol. The van der Waals surface area contributed by atoms with Gasteiger partial charge in [-0.05, 0) is 56.0 Å². The second kappa shape index (κ2) is 7.03. The summed E-state index contributed by atoms with van der Waals surface area (Å²) in [5, 5.41) is 7.04. The molecule has 4 nitrogen and oxygen atoms in total. The maximum absolute atomic E-state index is 11.7. The molecule has 2 aliphatic rings. The van der Waals surface area contributed by atoms with Crippen LogP contribution in [0.5, 0.6) is 5.75 Å². The highest BCUT2D eigenvalue weighted by molar-refractivity contribution is 6.06. The van der Waals surface area contributed by atoms with Crippen LogP contribution in [-0.4, -0.2) is 23.6 Å². The van der Waals surface area contributed by atoms with E-state index in [4.69, 9.17) is 9.84 Å². The number of fused-ring (bicyclic) bond motifs is 3. The van der Waals surface area contributed by atoms with Gasteiger partial charge in [-0.1, -0.05) is 30.3 Å². The van der Waals surface area contributed by atoms with Crippen LogP contribution in [0.1, 0.15) is 43.0 Å². The number of benzene rings is 2. The zero-order valence-corrected chi connectivity index (χ0v) is 16.0. The average Bonchev–Trinajstić information content (AvgIpc) is 3.07. The summed E-state index contributed by atoms with van der Waals surface area (Å²) in [5.74, 6) is 1.23. The Hall–Kier alpha value is -2.88. The van der Waals surface area contributed by atoms with Crippen molar-refractivity contribution in [1.29, 1.82) is 0 Å². The summed E-state index contributed by atoms with van der Waals surface area (Å²) in [6.45, 7) is 3.55. The standard InChI is InChI=1S/C23H24N2O2/c1-15(13-16(2)26)25-23(17-7-5-4-6-8-17)21-11-9-18-14-19(27-3)10-12-20(18)22(21)24-25/h4-8,10,12-14,21,23H,9,11H2,1-3H3/b15-13+/t21-,23+/m1/s1. The van der Waals surface area contributed by atoms with Crippen LogP contribution in [0.3, 0.4) is 0 Å². The van der Waals surface area contributed by atoms with Gasteiger partial charge < -0.3 is 4.74 Å². The van der Waals surface area contributed by atoms with Crippen molar-refractivity contribution in [3.8, 4) is 5.75 Å². The number of rotatable bonds is 4. The lowest BCUT2D eigenvalue weighted by molar-refractivity contribution is -0.112. The number of methoxy groups -OCH3 is 1. The summed E-state index contributed by atoms with van der Waals surface area (Å²) in [6, 6.07) is 16.8. The molecule has 0 saturated heterocycles. The van der Waals surface area contributed by atoms with E-state index in [0.717, 1.165) is 30.0 Å². The zero-order valence-electron chi connectivity index (χ0n) is 16.0. The van der Waals surface area contributed by atoms with Crippen molar-refractivity contribution in [3.63, 3.8) is 0 Å². The minimum Gasteiger partial charge on any atom is -0.497 e. The van der Waals surface area contributed by atoms with Gasteiger partial charge >= 0.3 is 0 Å². The van der Waals surface area contributed by atoms with Crippen molar-refractivity contribution in [1.82, 2.24) is 5.01 Å². The molecule has 0 amide bonds. The van der Waals surface area contributed by atoms with Gasteiger partial charge in [-0.2, -0.15) is 5.10 Å². The third kappa shape index (κ3) is 3.16. The lowest BCUT2D eigenvalue weighted by atomic mass is 9.77. The SMILES string of the molecule is COc1ccc2c(c1)CC[C@@H]1C2=NN(/C(C)=C/C(C)=O)[C@H]1c1ccccc1. The maximum Gasteiger partial charge on any atom is 0.154 e. The van der Waals surface area contributed by atoms with Crippen LogP contribution in [-0.2, 0) is 11.2 Å². The molecule has 0 unspecified atom stereocenters. The maximum atomic E-state index is 11.7. The number of ketones is 1. The summed E-state index contributed by atoms with van der Waals surface area (Å²) >= 11 is 0. The second-order valence-electron chi connectivity index (χ2n) is 7.25. The van der Waals surface area contributed by atoms with E-state index in [1.165, 1.54) is 16.7 Å². The molecule has 4 rings (SSSR count). The van der Waals surface area contributed by atoms with Crippen LogP contribution in [0, 0.1) is 5.92 Å². The van der Waals surface area contributed by atoms with Crippen LogP contribution < -0.4 is 4.74 Å². The summed E-state index contributed by atoms with van der Waals surface area (Å²) in [5.41, 5.74) is 5.71. The second-order valence-corrected chi connectivity index (χ2v) is 7.25. The van der Waals surface area contributed by atoms with Crippen molar-refractivity contribution in [2.24, 2.45) is 11.0 Å². The molecule has 138 valence electrons. The molecule has 2 atom stereocenters. The van der Waals surface area contributed by atoms with Gasteiger partial charge in [0.15, 0.2) is 5.78 Å². The van der Waals surface area contributed by atoms with E-state index in [2.05, 4.69) is 36.4 Å². The first-order chi connectivity index (χ1) is 13.1. The molecule has 1 heterocycles. The molecule has 0 radical (unpaired) electrons. The van der Waals surface area contributed by atoms with E-state index < -0.39 is 0 Å². The Morgan fingerprint density at radius 1 is 1.19 bits per heavy atom. The van der Waals surface area contributed by atoms with E-state index in [1.807, 2.05) is 24.1 Å². The molecule has 2 aromatic carbocycles. The topological polar surface area (TPSA) is 41.9 Å². The molecular weight excluding hydrogens is 336 g/mol. The Bertz CT molecular complexity index is 931. The van der Waals surface area contributed by atoms with E-state index in [0.29, 0.717) is 5.92 Å². The Morgan fingerprint density at radius 2 is 1.96 bits per heavy atom. The molecule has 0 saturated carbocycles. The number of carbonyl (C=O) groups excluding carboxylic acids is 1. The van der Waals surface area contributed by atoms with Gasteiger partial charge in [0.1, 0.15) is 5.75 Å². The monoisotopic (exact) mass is 360 g/mol. The first-order valence-corrected chi connectivity index (χ1v) is 9.37. The lowest BCUT2D eigenvalue weighted by Crippen LogP contribution is -2.28. The molecule has 1 aliphatic carbocycles. The highest BCUT2D eigenvalue weighted by Gasteiger charge is 2.42. The molecule has 2 aromatic rings. The molecule has 0 bridgehead atoms. The number of carbonyl (C=O) groups is 1. The molecule has 4 heteroatoms. The van der Waals surface area contributed by atoms with E-state index in [9.17, 15) is 4.79 Å². The van der Waals surface area contributed by atoms with Crippen molar-refractivity contribution in [2.45, 2.75) is 32.7 Å². The van der Waals surface area contributed by atoms with Crippen molar-refractivity contribution in [2.75, 3.05) is 7.11 Å². The van der Waals surface area contributed by atoms with E-state index >= 15 is 0 Å². The van der Waals surface area contributed by atoms with Gasteiger partial charge in [0.2, 0.25) is 0 Å². The zero-order chi connectivity index (χ0) is 19.0. The fourth-order valence-electron chi connectivity index (χ4n) is 4.27. The lowest BCUT2D eigenvalue weighted by Gasteiger charge is -2.31. The number of hydrogen-bond donors (Lipinski definition) is 0. The van der Waals surface area contributed by atoms with Crippen LogP contribution in [0.4, 0.5) is 0 Å². The fraction of sp³-hybridized carbons (Fsp3) is 0.304. The molecule has 0 aromatic heterocycles. The van der Waals surface area contributed by atoms with Gasteiger partial charge in [0, 0.05) is 23.3 Å². The molecule has 0 spiro atoms. The summed E-state index contributed by atoms with van der Waals surface area (Å²) in [6.07, 6.45) is 3.71. The Morgan fingerprint density at radius 3 is 2.67 bits per heavy atom. The van der Waals surface area contributed by atoms with Gasteiger partial charge in [0.25, 0.3) is 0 Å². The van der Waals surface area contributed by atoms with Gasteiger partial charge in [0.05, 0.1) is 18.9 Å². The summed E-state index contributed by atoms with van der Waals surface area (Å²) < 4.78 is 5.39. The van der Waals surface area contributed by atoms with Crippen molar-refractivity contribution >= 4 is 11.5 Å². The normalized spacial score (nSPS) is 21.4. The molecule has 0 fully saturated rings. The molecule has 27 heavy (non-hydrogen) atoms. The minimum absolute atomic E-state index is 0.0412. The Kier molecular flexibility index (Phi) is 4.56. The van der Waals surface area contributed by atoms with Gasteiger partial charge in [-0.25, -0.2) is 0 Å². The Balaban J connectivity index is 1.81. The largest absolute Gasteiger partial charge is 0.497 e. The number of hydrogen-bond acceptors (Lipinski definition) is 4. The van der Waals surface area contributed by atoms with Gasteiger partial charge in [-0.15, -0.1) is 0 Å². The summed E-state index contributed by atoms with van der Waals surface area (Å²) in [7, 11) is 1.70. The first-order valence-electron chi connectivity index (χ1n) is 9.37. The van der Waals surface area contributed by atoms with Crippen LogP contribution in [0.25, 0.3) is 0 Å². The van der Waals surface area contributed by atoms with Crippen LogP contribution in [0.15, 0.2) is 65.4 Å². The number of hydrazone groups is 1. The number of allylic oxidation sites excluding steroid dienone is 2. The third-order valence-corrected chi connectivity index (χ3v) is 5.44. The molecule has 1 aliphatic heterocycles. The van der Waals surface area contributed by atoms with Crippen LogP contribution in [0.2, 0.25) is 0 Å². The minimum atomic E-state index is 0.0412. The van der Waals surface area contributed by atoms with E-state index in [1.54, 1.807) is 20.1 Å². The number of ether oxygens (including phenoxy) is 1. The fourth-order valence-corrected chi connectivity index (χ4v) is 4.27. The van der Waals surface area contributed by atoms with Gasteiger partial charge in [-0.3, -0.25) is 9.80 Å². The smallest absolute Gasteiger partial charge is 0.154 e. The number of aryl methyl sites for hydroxylation is 1. The highest BCUT2D eigenvalue weighted by atomic mass is 16.5. The highest BCUT2D eigenvalue weighted by Crippen LogP contribution is 2.45. The first kappa shape index (κ1) is 17.5. The Labute approximate surface area is 160 Å². The van der Waals surface area contributed by atoms with Crippen molar-refractivity contribution in [3.05, 3.63) is 77.0 Å². The average molecular weight is 360 g/mol. The number of nitrogens with zero attached hydrogens (tertiary/aromatic N) is 2. The summed E-state index contributed by atoms with van der Waals surface area (Å²) in [4.78, 5) is 11.7.